The van der Waals surface area contributed by atoms with E-state index in [0.717, 1.165) is 53.9 Å². The van der Waals surface area contributed by atoms with Crippen molar-refractivity contribution < 1.29 is 9.78 Å². The number of fused-ring (bicyclic) bond motifs is 5. The molecule has 3 fully saturated rings. The molecule has 0 saturated heterocycles. The zero-order chi connectivity index (χ0) is 27.1. The highest BCUT2D eigenvalue weighted by molar-refractivity contribution is 5.56. The summed E-state index contributed by atoms with van der Waals surface area (Å²) in [4.78, 5) is 11.6. The van der Waals surface area contributed by atoms with Gasteiger partial charge in [-0.05, 0) is 110 Å². The topological polar surface area (TPSA) is 70.5 Å². The molecule has 5 rings (SSSR count). The van der Waals surface area contributed by atoms with Crippen LogP contribution in [0.4, 0.5) is 11.4 Å². The molecule has 4 heteroatoms. The number of rotatable bonds is 9. The summed E-state index contributed by atoms with van der Waals surface area (Å²) in [6, 6.07) is 5.56. The second-order valence-electron chi connectivity index (χ2n) is 14.5. The highest BCUT2D eigenvalue weighted by Crippen LogP contribution is 2.67. The molecule has 38 heavy (non-hydrogen) atoms. The first kappa shape index (κ1) is 28.0. The minimum atomic E-state index is 0.136. The van der Waals surface area contributed by atoms with Gasteiger partial charge in [0.15, 0.2) is 0 Å². The van der Waals surface area contributed by atoms with Crippen LogP contribution in [0.15, 0.2) is 29.8 Å². The summed E-state index contributed by atoms with van der Waals surface area (Å²) in [5.41, 5.74) is 16.7. The number of allylic oxidation sites excluding steroid dienone is 1. The van der Waals surface area contributed by atoms with Gasteiger partial charge in [0.25, 0.3) is 0 Å². The highest BCUT2D eigenvalue weighted by Gasteiger charge is 2.59. The molecule has 0 bridgehead atoms. The monoisotopic (exact) mass is 522 g/mol. The Morgan fingerprint density at radius 3 is 2.55 bits per heavy atom. The van der Waals surface area contributed by atoms with Crippen LogP contribution >= 0.6 is 0 Å². The van der Waals surface area contributed by atoms with Crippen LogP contribution in [0.5, 0.6) is 0 Å². The SMILES string of the molecule is CC(C)CCC[C@@H](C)[C@H]1CC[C@H]2[C@@H]3CC=C4C[C@@H](OOCc5ccc(N)cc5N)CC[C@]4(C)[C@H]3CC[C@]12C. The van der Waals surface area contributed by atoms with Crippen LogP contribution in [0.1, 0.15) is 111 Å². The van der Waals surface area contributed by atoms with Gasteiger partial charge in [-0.1, -0.05) is 71.6 Å². The Bertz CT molecular complexity index is 1000. The standard InChI is InChI=1S/C34H54N2O2/c1-22(2)7-6-8-23(3)29-13-14-30-28-12-10-25-19-27(38-37-21-24-9-11-26(35)20-32(24)36)15-17-33(25,4)31(28)16-18-34(29,30)5/h9-11,20,22-23,27-31H,6-8,12-19,21,35-36H2,1-5H3/t23-,27+,28+,29-,30+,31+,33+,34-/m1/s1. The van der Waals surface area contributed by atoms with Crippen LogP contribution in [-0.2, 0) is 16.4 Å². The van der Waals surface area contributed by atoms with Crippen molar-refractivity contribution in [1.29, 1.82) is 0 Å². The lowest BCUT2D eigenvalue weighted by Gasteiger charge is -2.58. The molecule has 3 saturated carbocycles. The highest BCUT2D eigenvalue weighted by atomic mass is 17.2. The molecular weight excluding hydrogens is 468 g/mol. The van der Waals surface area contributed by atoms with E-state index in [-0.39, 0.29) is 6.10 Å². The van der Waals surface area contributed by atoms with E-state index in [1.165, 1.54) is 57.8 Å². The van der Waals surface area contributed by atoms with Crippen LogP contribution in [0, 0.1) is 46.3 Å². The van der Waals surface area contributed by atoms with E-state index in [9.17, 15) is 0 Å². The van der Waals surface area contributed by atoms with Crippen molar-refractivity contribution in [2.75, 3.05) is 11.5 Å². The van der Waals surface area contributed by atoms with Gasteiger partial charge in [-0.25, -0.2) is 9.78 Å². The van der Waals surface area contributed by atoms with E-state index >= 15 is 0 Å². The van der Waals surface area contributed by atoms with Crippen molar-refractivity contribution in [3.05, 3.63) is 35.4 Å². The average Bonchev–Trinajstić information content (AvgIpc) is 3.22. The normalized spacial score (nSPS) is 37.3. The molecule has 1 aromatic carbocycles. The first-order chi connectivity index (χ1) is 18.1. The van der Waals surface area contributed by atoms with Gasteiger partial charge in [0.05, 0.1) is 6.10 Å². The Labute approximate surface area is 232 Å². The maximum Gasteiger partial charge on any atom is 0.109 e. The van der Waals surface area contributed by atoms with Gasteiger partial charge in [0.2, 0.25) is 0 Å². The lowest BCUT2D eigenvalue weighted by atomic mass is 9.47. The molecular formula is C34H54N2O2. The van der Waals surface area contributed by atoms with Crippen LogP contribution in [-0.4, -0.2) is 6.10 Å². The Morgan fingerprint density at radius 2 is 1.79 bits per heavy atom. The summed E-state index contributed by atoms with van der Waals surface area (Å²) >= 11 is 0. The number of nitrogen functional groups attached to an aromatic ring is 2. The van der Waals surface area contributed by atoms with Gasteiger partial charge < -0.3 is 11.5 Å². The molecule has 0 aliphatic heterocycles. The summed E-state index contributed by atoms with van der Waals surface area (Å²) in [5.74, 6) is 5.26. The minimum absolute atomic E-state index is 0.136. The molecule has 1 aromatic rings. The van der Waals surface area contributed by atoms with Crippen molar-refractivity contribution in [3.63, 3.8) is 0 Å². The van der Waals surface area contributed by atoms with E-state index in [1.54, 1.807) is 11.6 Å². The van der Waals surface area contributed by atoms with E-state index in [1.807, 2.05) is 12.1 Å². The first-order valence-corrected chi connectivity index (χ1v) is 15.7. The molecule has 212 valence electrons. The Kier molecular flexibility index (Phi) is 8.23. The second kappa shape index (κ2) is 11.2. The van der Waals surface area contributed by atoms with Crippen LogP contribution in [0.25, 0.3) is 0 Å². The molecule has 4 N–H and O–H groups in total. The fraction of sp³-hybridized carbons (Fsp3) is 0.765. The van der Waals surface area contributed by atoms with Crippen LogP contribution in [0.2, 0.25) is 0 Å². The van der Waals surface area contributed by atoms with Gasteiger partial charge in [-0.2, -0.15) is 0 Å². The van der Waals surface area contributed by atoms with Crippen molar-refractivity contribution in [1.82, 2.24) is 0 Å². The molecule has 0 heterocycles. The molecule has 0 unspecified atom stereocenters. The second-order valence-corrected chi connectivity index (χ2v) is 14.5. The zero-order valence-corrected chi connectivity index (χ0v) is 24.8. The van der Waals surface area contributed by atoms with Gasteiger partial charge in [-0.3, -0.25) is 0 Å². The number of anilines is 2. The molecule has 0 spiro atoms. The Balaban J connectivity index is 1.20. The predicted octanol–water partition coefficient (Wildman–Crippen LogP) is 8.71. The molecule has 8 atom stereocenters. The summed E-state index contributed by atoms with van der Waals surface area (Å²) in [5, 5.41) is 0. The summed E-state index contributed by atoms with van der Waals surface area (Å²) in [6.07, 6.45) is 17.4. The van der Waals surface area contributed by atoms with Gasteiger partial charge in [0.1, 0.15) is 6.61 Å². The molecule has 0 aromatic heterocycles. The van der Waals surface area contributed by atoms with Crippen LogP contribution in [0.3, 0.4) is 0 Å². The molecule has 4 nitrogen and oxygen atoms in total. The lowest BCUT2D eigenvalue weighted by molar-refractivity contribution is -0.337. The lowest BCUT2D eigenvalue weighted by Crippen LogP contribution is -2.51. The van der Waals surface area contributed by atoms with Crippen molar-refractivity contribution in [2.24, 2.45) is 46.3 Å². The predicted molar refractivity (Wildman–Crippen MR) is 158 cm³/mol. The van der Waals surface area contributed by atoms with Gasteiger partial charge >= 0.3 is 0 Å². The van der Waals surface area contributed by atoms with Crippen molar-refractivity contribution in [2.45, 2.75) is 118 Å². The molecule has 4 aliphatic rings. The van der Waals surface area contributed by atoms with E-state index in [4.69, 9.17) is 21.2 Å². The van der Waals surface area contributed by atoms with Gasteiger partial charge in [-0.15, -0.1) is 0 Å². The van der Waals surface area contributed by atoms with E-state index < -0.39 is 0 Å². The van der Waals surface area contributed by atoms with Crippen molar-refractivity contribution in [3.8, 4) is 0 Å². The van der Waals surface area contributed by atoms with E-state index in [0.29, 0.717) is 28.8 Å². The molecule has 0 amide bonds. The fourth-order valence-electron chi connectivity index (χ4n) is 9.67. The summed E-state index contributed by atoms with van der Waals surface area (Å²) < 4.78 is 0. The summed E-state index contributed by atoms with van der Waals surface area (Å²) in [6.45, 7) is 13.0. The third-order valence-electron chi connectivity index (χ3n) is 11.8. The van der Waals surface area contributed by atoms with Gasteiger partial charge in [0, 0.05) is 16.9 Å². The third-order valence-corrected chi connectivity index (χ3v) is 11.8. The average molecular weight is 523 g/mol. The molecule has 4 aliphatic carbocycles. The maximum absolute atomic E-state index is 6.09. The maximum atomic E-state index is 6.09. The Hall–Kier alpha value is -1.52. The largest absolute Gasteiger partial charge is 0.399 e. The molecule has 0 radical (unpaired) electrons. The first-order valence-electron chi connectivity index (χ1n) is 15.7. The van der Waals surface area contributed by atoms with Crippen molar-refractivity contribution >= 4 is 11.4 Å². The summed E-state index contributed by atoms with van der Waals surface area (Å²) in [7, 11) is 0. The number of hydrogen-bond acceptors (Lipinski definition) is 4. The van der Waals surface area contributed by atoms with Crippen LogP contribution < -0.4 is 11.5 Å². The Morgan fingerprint density at radius 1 is 0.974 bits per heavy atom. The quantitative estimate of drug-likeness (QED) is 0.147. The zero-order valence-electron chi connectivity index (χ0n) is 24.8. The number of benzene rings is 1. The number of hydrogen-bond donors (Lipinski definition) is 2. The minimum Gasteiger partial charge on any atom is -0.399 e. The van der Waals surface area contributed by atoms with E-state index in [2.05, 4.69) is 40.7 Å². The number of nitrogens with two attached hydrogens (primary N) is 2. The smallest absolute Gasteiger partial charge is 0.109 e. The fourth-order valence-corrected chi connectivity index (χ4v) is 9.67. The third kappa shape index (κ3) is 5.29.